The zero-order valence-corrected chi connectivity index (χ0v) is 15.8. The fourth-order valence-corrected chi connectivity index (χ4v) is 3.98. The van der Waals surface area contributed by atoms with Gasteiger partial charge in [-0.3, -0.25) is 0 Å². The lowest BCUT2D eigenvalue weighted by Gasteiger charge is -2.26. The molecule has 26 heavy (non-hydrogen) atoms. The quantitative estimate of drug-likeness (QED) is 0.523. The first kappa shape index (κ1) is 18.9. The zero-order chi connectivity index (χ0) is 18.5. The van der Waals surface area contributed by atoms with Crippen molar-refractivity contribution >= 4 is 0 Å². The van der Waals surface area contributed by atoms with Crippen molar-refractivity contribution in [1.29, 1.82) is 0 Å². The molecule has 0 amide bonds. The molecule has 140 valence electrons. The van der Waals surface area contributed by atoms with Gasteiger partial charge in [-0.25, -0.2) is 8.78 Å². The highest BCUT2D eigenvalue weighted by atomic mass is 19.1. The van der Waals surface area contributed by atoms with E-state index >= 15 is 0 Å². The van der Waals surface area contributed by atoms with Crippen molar-refractivity contribution < 1.29 is 13.5 Å². The third-order valence-electron chi connectivity index (χ3n) is 5.33. The fraction of sp³-hybridized carbons (Fsp3) is 0.478. The summed E-state index contributed by atoms with van der Waals surface area (Å²) in [5.74, 6) is 0.0235. The molecule has 1 nitrogen and oxygen atoms in total. The van der Waals surface area contributed by atoms with Crippen molar-refractivity contribution in [3.63, 3.8) is 0 Å². The van der Waals surface area contributed by atoms with Gasteiger partial charge in [0.2, 0.25) is 0 Å². The van der Waals surface area contributed by atoms with E-state index in [4.69, 9.17) is 4.74 Å². The highest BCUT2D eigenvalue weighted by Crippen LogP contribution is 2.37. The average molecular weight is 358 g/mol. The van der Waals surface area contributed by atoms with E-state index < -0.39 is 0 Å². The highest BCUT2D eigenvalue weighted by Gasteiger charge is 2.26. The second kappa shape index (κ2) is 8.66. The van der Waals surface area contributed by atoms with E-state index in [2.05, 4.69) is 13.0 Å². The summed E-state index contributed by atoms with van der Waals surface area (Å²) in [5.41, 5.74) is 3.46. The van der Waals surface area contributed by atoms with Crippen molar-refractivity contribution in [2.75, 3.05) is 6.61 Å². The van der Waals surface area contributed by atoms with Crippen LogP contribution in [0, 0.1) is 11.6 Å². The lowest BCUT2D eigenvalue weighted by atomic mass is 9.79. The van der Waals surface area contributed by atoms with Crippen LogP contribution >= 0.6 is 0 Å². The summed E-state index contributed by atoms with van der Waals surface area (Å²) in [6.07, 6.45) is 6.21. The maximum Gasteiger partial charge on any atom is 0.129 e. The van der Waals surface area contributed by atoms with E-state index in [-0.39, 0.29) is 23.1 Å². The van der Waals surface area contributed by atoms with Crippen LogP contribution in [0.2, 0.25) is 0 Å². The van der Waals surface area contributed by atoms with Gasteiger partial charge in [-0.15, -0.1) is 0 Å². The third-order valence-corrected chi connectivity index (χ3v) is 5.33. The van der Waals surface area contributed by atoms with Gasteiger partial charge in [0.25, 0.3) is 0 Å². The van der Waals surface area contributed by atoms with Gasteiger partial charge in [-0.05, 0) is 85.9 Å². The van der Waals surface area contributed by atoms with Crippen molar-refractivity contribution in [3.8, 4) is 5.75 Å². The Balaban J connectivity index is 1.77. The predicted octanol–water partition coefficient (Wildman–Crippen LogP) is 6.37. The van der Waals surface area contributed by atoms with E-state index in [1.54, 1.807) is 12.1 Å². The normalized spacial score (nSPS) is 16.4. The van der Waals surface area contributed by atoms with Crippen LogP contribution in [0.4, 0.5) is 8.78 Å². The lowest BCUT2D eigenvalue weighted by Crippen LogP contribution is -2.16. The molecule has 2 aromatic carbocycles. The predicted molar refractivity (Wildman–Crippen MR) is 102 cm³/mol. The first-order chi connectivity index (χ1) is 12.6. The van der Waals surface area contributed by atoms with Crippen LogP contribution in [0.15, 0.2) is 30.3 Å². The number of hydrogen-bond donors (Lipinski definition) is 0. The second-order valence-corrected chi connectivity index (χ2v) is 7.23. The molecule has 0 saturated heterocycles. The van der Waals surface area contributed by atoms with E-state index in [0.29, 0.717) is 13.0 Å². The molecular formula is C23H28F2O. The summed E-state index contributed by atoms with van der Waals surface area (Å²) in [6, 6.07) is 9.15. The standard InChI is InChI=1S/C23H28F2O/c1-3-5-6-7-16-12-21(24)23(22(25)13-16)19-9-8-18-15-20(26-4-2)11-10-17(18)14-19/h10-13,15,19H,3-9,14H2,1-2H3. The van der Waals surface area contributed by atoms with Gasteiger partial charge in [-0.1, -0.05) is 25.8 Å². The molecule has 0 aromatic heterocycles. The first-order valence-corrected chi connectivity index (χ1v) is 9.84. The van der Waals surface area contributed by atoms with Crippen molar-refractivity contribution in [3.05, 3.63) is 64.2 Å². The van der Waals surface area contributed by atoms with Crippen LogP contribution in [0.5, 0.6) is 5.75 Å². The van der Waals surface area contributed by atoms with Gasteiger partial charge in [0.15, 0.2) is 0 Å². The molecule has 2 aromatic rings. The maximum absolute atomic E-state index is 14.7. The number of aryl methyl sites for hydroxylation is 2. The number of ether oxygens (including phenoxy) is 1. The molecule has 0 bridgehead atoms. The van der Waals surface area contributed by atoms with Gasteiger partial charge < -0.3 is 4.74 Å². The molecule has 0 radical (unpaired) electrons. The van der Waals surface area contributed by atoms with E-state index in [9.17, 15) is 8.78 Å². The Bertz CT molecular complexity index is 731. The second-order valence-electron chi connectivity index (χ2n) is 7.23. The number of rotatable bonds is 7. The number of hydrogen-bond acceptors (Lipinski definition) is 1. The largest absolute Gasteiger partial charge is 0.494 e. The number of unbranched alkanes of at least 4 members (excludes halogenated alkanes) is 2. The SMILES string of the molecule is CCCCCc1cc(F)c(C2CCc3cc(OCC)ccc3C2)c(F)c1. The third kappa shape index (κ3) is 4.25. The number of benzene rings is 2. The Morgan fingerprint density at radius 3 is 2.46 bits per heavy atom. The Hall–Kier alpha value is -1.90. The zero-order valence-electron chi connectivity index (χ0n) is 15.8. The Labute approximate surface area is 155 Å². The Morgan fingerprint density at radius 1 is 1.00 bits per heavy atom. The molecule has 3 rings (SSSR count). The molecule has 1 aliphatic carbocycles. The van der Waals surface area contributed by atoms with Crippen LogP contribution in [0.25, 0.3) is 0 Å². The minimum Gasteiger partial charge on any atom is -0.494 e. The maximum atomic E-state index is 14.7. The number of fused-ring (bicyclic) bond motifs is 1. The molecular weight excluding hydrogens is 330 g/mol. The van der Waals surface area contributed by atoms with Crippen LogP contribution in [0.3, 0.4) is 0 Å². The average Bonchev–Trinajstić information content (AvgIpc) is 2.62. The van der Waals surface area contributed by atoms with Crippen LogP contribution in [-0.4, -0.2) is 6.61 Å². The molecule has 0 aliphatic heterocycles. The molecule has 0 spiro atoms. The van der Waals surface area contributed by atoms with Gasteiger partial charge in [0.05, 0.1) is 6.61 Å². The summed E-state index contributed by atoms with van der Waals surface area (Å²) in [4.78, 5) is 0. The van der Waals surface area contributed by atoms with Gasteiger partial charge in [-0.2, -0.15) is 0 Å². The molecule has 1 atom stereocenters. The molecule has 0 N–H and O–H groups in total. The summed E-state index contributed by atoms with van der Waals surface area (Å²) >= 11 is 0. The number of halogens is 2. The van der Waals surface area contributed by atoms with E-state index in [1.165, 1.54) is 11.1 Å². The monoisotopic (exact) mass is 358 g/mol. The topological polar surface area (TPSA) is 9.23 Å². The van der Waals surface area contributed by atoms with E-state index in [0.717, 1.165) is 49.8 Å². The van der Waals surface area contributed by atoms with Gasteiger partial charge in [0, 0.05) is 5.56 Å². The summed E-state index contributed by atoms with van der Waals surface area (Å²) in [5, 5.41) is 0. The van der Waals surface area contributed by atoms with Crippen molar-refractivity contribution in [1.82, 2.24) is 0 Å². The lowest BCUT2D eigenvalue weighted by molar-refractivity contribution is 0.339. The summed E-state index contributed by atoms with van der Waals surface area (Å²) < 4.78 is 34.9. The Kier molecular flexibility index (Phi) is 6.29. The Morgan fingerprint density at radius 2 is 1.77 bits per heavy atom. The summed E-state index contributed by atoms with van der Waals surface area (Å²) in [6.45, 7) is 4.73. The van der Waals surface area contributed by atoms with Gasteiger partial charge in [0.1, 0.15) is 17.4 Å². The minimum absolute atomic E-state index is 0.0925. The molecule has 0 fully saturated rings. The molecule has 0 saturated carbocycles. The molecule has 1 unspecified atom stereocenters. The van der Waals surface area contributed by atoms with Crippen molar-refractivity contribution in [2.24, 2.45) is 0 Å². The summed E-state index contributed by atoms with van der Waals surface area (Å²) in [7, 11) is 0. The van der Waals surface area contributed by atoms with E-state index in [1.807, 2.05) is 19.1 Å². The van der Waals surface area contributed by atoms with Crippen molar-refractivity contribution in [2.45, 2.75) is 64.7 Å². The smallest absolute Gasteiger partial charge is 0.129 e. The van der Waals surface area contributed by atoms with Gasteiger partial charge >= 0.3 is 0 Å². The minimum atomic E-state index is -0.379. The first-order valence-electron chi connectivity index (χ1n) is 9.84. The molecule has 0 heterocycles. The highest BCUT2D eigenvalue weighted by molar-refractivity contribution is 5.40. The van der Waals surface area contributed by atoms with Crippen LogP contribution < -0.4 is 4.74 Å². The van der Waals surface area contributed by atoms with Crippen LogP contribution in [0.1, 0.15) is 67.7 Å². The molecule has 3 heteroatoms. The fourth-order valence-electron chi connectivity index (χ4n) is 3.98. The molecule has 1 aliphatic rings. The van der Waals surface area contributed by atoms with Crippen LogP contribution in [-0.2, 0) is 19.3 Å².